The standard InChI is InChI=1S/C11H16ClN3O2/c1-7-5-8(3-4-17-7)14-10-9(12)6-13-11(15-10)16-2/h6-8H,3-5H2,1-2H3,(H,13,14,15). The minimum absolute atomic E-state index is 0.267. The molecule has 0 amide bonds. The molecule has 0 bridgehead atoms. The molecule has 2 unspecified atom stereocenters. The van der Waals surface area contributed by atoms with Gasteiger partial charge in [-0.15, -0.1) is 0 Å². The molecule has 0 aliphatic carbocycles. The SMILES string of the molecule is COc1ncc(Cl)c(NC2CCOC(C)C2)n1. The number of aromatic nitrogens is 2. The smallest absolute Gasteiger partial charge is 0.318 e. The first kappa shape index (κ1) is 12.4. The summed E-state index contributed by atoms with van der Waals surface area (Å²) >= 11 is 6.03. The van der Waals surface area contributed by atoms with Crippen molar-refractivity contribution in [3.8, 4) is 6.01 Å². The van der Waals surface area contributed by atoms with Crippen LogP contribution in [0.5, 0.6) is 6.01 Å². The van der Waals surface area contributed by atoms with E-state index in [0.29, 0.717) is 22.9 Å². The molecule has 1 N–H and O–H groups in total. The Labute approximate surface area is 105 Å². The predicted octanol–water partition coefficient (Wildman–Crippen LogP) is 2.12. The van der Waals surface area contributed by atoms with E-state index in [9.17, 15) is 0 Å². The van der Waals surface area contributed by atoms with Crippen LogP contribution in [0.1, 0.15) is 19.8 Å². The lowest BCUT2D eigenvalue weighted by Gasteiger charge is -2.28. The maximum absolute atomic E-state index is 6.03. The summed E-state index contributed by atoms with van der Waals surface area (Å²) in [6, 6.07) is 0.646. The van der Waals surface area contributed by atoms with Crippen molar-refractivity contribution in [3.63, 3.8) is 0 Å². The van der Waals surface area contributed by atoms with Crippen LogP contribution in [0.25, 0.3) is 0 Å². The van der Waals surface area contributed by atoms with Gasteiger partial charge in [0.25, 0.3) is 0 Å². The van der Waals surface area contributed by atoms with E-state index in [4.69, 9.17) is 21.1 Å². The Balaban J connectivity index is 2.06. The second kappa shape index (κ2) is 5.51. The first-order valence-electron chi connectivity index (χ1n) is 5.63. The quantitative estimate of drug-likeness (QED) is 0.899. The zero-order valence-corrected chi connectivity index (χ0v) is 10.7. The highest BCUT2D eigenvalue weighted by molar-refractivity contribution is 6.32. The summed E-state index contributed by atoms with van der Waals surface area (Å²) in [6.07, 6.45) is 3.71. The normalized spacial score (nSPS) is 24.4. The Morgan fingerprint density at radius 3 is 3.12 bits per heavy atom. The molecular weight excluding hydrogens is 242 g/mol. The van der Waals surface area contributed by atoms with Crippen molar-refractivity contribution in [2.45, 2.75) is 31.9 Å². The van der Waals surface area contributed by atoms with Crippen molar-refractivity contribution in [3.05, 3.63) is 11.2 Å². The summed E-state index contributed by atoms with van der Waals surface area (Å²) in [6.45, 7) is 2.83. The first-order valence-corrected chi connectivity index (χ1v) is 6.01. The van der Waals surface area contributed by atoms with Gasteiger partial charge in [0.1, 0.15) is 5.02 Å². The number of halogens is 1. The van der Waals surface area contributed by atoms with E-state index in [-0.39, 0.29) is 6.10 Å². The highest BCUT2D eigenvalue weighted by atomic mass is 35.5. The van der Waals surface area contributed by atoms with Crippen molar-refractivity contribution >= 4 is 17.4 Å². The van der Waals surface area contributed by atoms with Crippen LogP contribution in [0.2, 0.25) is 5.02 Å². The molecule has 94 valence electrons. The van der Waals surface area contributed by atoms with Crippen LogP contribution in [-0.2, 0) is 4.74 Å². The van der Waals surface area contributed by atoms with Gasteiger partial charge in [0.2, 0.25) is 0 Å². The van der Waals surface area contributed by atoms with Crippen LogP contribution < -0.4 is 10.1 Å². The van der Waals surface area contributed by atoms with Crippen LogP contribution in [0.4, 0.5) is 5.82 Å². The van der Waals surface area contributed by atoms with E-state index in [2.05, 4.69) is 22.2 Å². The predicted molar refractivity (Wildman–Crippen MR) is 65.7 cm³/mol. The number of methoxy groups -OCH3 is 1. The first-order chi connectivity index (χ1) is 8.19. The summed E-state index contributed by atoms with van der Waals surface area (Å²) in [4.78, 5) is 8.13. The van der Waals surface area contributed by atoms with Crippen molar-refractivity contribution < 1.29 is 9.47 Å². The van der Waals surface area contributed by atoms with Gasteiger partial charge in [0.15, 0.2) is 5.82 Å². The van der Waals surface area contributed by atoms with E-state index >= 15 is 0 Å². The van der Waals surface area contributed by atoms with E-state index in [1.54, 1.807) is 6.20 Å². The fourth-order valence-electron chi connectivity index (χ4n) is 1.87. The summed E-state index contributed by atoms with van der Waals surface area (Å²) in [5.74, 6) is 0.623. The number of hydrogen-bond donors (Lipinski definition) is 1. The zero-order valence-electron chi connectivity index (χ0n) is 9.94. The lowest BCUT2D eigenvalue weighted by molar-refractivity contribution is 0.0232. The molecule has 1 saturated heterocycles. The molecule has 0 saturated carbocycles. The van der Waals surface area contributed by atoms with Crippen LogP contribution >= 0.6 is 11.6 Å². The molecular formula is C11H16ClN3O2. The average molecular weight is 258 g/mol. The van der Waals surface area contributed by atoms with Crippen molar-refractivity contribution in [1.29, 1.82) is 0 Å². The van der Waals surface area contributed by atoms with Crippen molar-refractivity contribution in [1.82, 2.24) is 9.97 Å². The topological polar surface area (TPSA) is 56.3 Å². The Morgan fingerprint density at radius 2 is 2.41 bits per heavy atom. The van der Waals surface area contributed by atoms with Gasteiger partial charge >= 0.3 is 6.01 Å². The highest BCUT2D eigenvalue weighted by Crippen LogP contribution is 2.24. The summed E-state index contributed by atoms with van der Waals surface area (Å²) in [5.41, 5.74) is 0. The molecule has 0 aromatic carbocycles. The minimum atomic E-state index is 0.267. The molecule has 2 heterocycles. The molecule has 1 aromatic heterocycles. The Hall–Kier alpha value is -1.07. The Bertz CT molecular complexity index is 389. The van der Waals surface area contributed by atoms with Gasteiger partial charge in [-0.05, 0) is 19.8 Å². The molecule has 2 atom stereocenters. The lowest BCUT2D eigenvalue weighted by atomic mass is 10.0. The van der Waals surface area contributed by atoms with Gasteiger partial charge in [-0.25, -0.2) is 4.98 Å². The van der Waals surface area contributed by atoms with E-state index in [1.807, 2.05) is 0 Å². The molecule has 1 aliphatic rings. The fraction of sp³-hybridized carbons (Fsp3) is 0.636. The minimum Gasteiger partial charge on any atom is -0.467 e. The Morgan fingerprint density at radius 1 is 1.59 bits per heavy atom. The van der Waals surface area contributed by atoms with Crippen LogP contribution in [0.15, 0.2) is 6.20 Å². The number of hydrogen-bond acceptors (Lipinski definition) is 5. The molecule has 0 radical (unpaired) electrons. The third-order valence-corrected chi connectivity index (χ3v) is 3.01. The third-order valence-electron chi connectivity index (χ3n) is 2.73. The second-order valence-corrected chi connectivity index (χ2v) is 4.51. The summed E-state index contributed by atoms with van der Waals surface area (Å²) < 4.78 is 10.5. The average Bonchev–Trinajstić information content (AvgIpc) is 2.32. The van der Waals surface area contributed by atoms with Gasteiger partial charge in [0, 0.05) is 12.6 Å². The monoisotopic (exact) mass is 257 g/mol. The van der Waals surface area contributed by atoms with E-state index in [1.165, 1.54) is 7.11 Å². The highest BCUT2D eigenvalue weighted by Gasteiger charge is 2.20. The maximum Gasteiger partial charge on any atom is 0.318 e. The number of ether oxygens (including phenoxy) is 2. The zero-order chi connectivity index (χ0) is 12.3. The second-order valence-electron chi connectivity index (χ2n) is 4.10. The molecule has 6 heteroatoms. The fourth-order valence-corrected chi connectivity index (χ4v) is 2.02. The third kappa shape index (κ3) is 3.20. The Kier molecular flexibility index (Phi) is 4.02. The van der Waals surface area contributed by atoms with Gasteiger partial charge in [-0.1, -0.05) is 11.6 Å². The number of nitrogens with zero attached hydrogens (tertiary/aromatic N) is 2. The number of rotatable bonds is 3. The molecule has 2 rings (SSSR count). The molecule has 1 fully saturated rings. The lowest BCUT2D eigenvalue weighted by Crippen LogP contribution is -2.32. The van der Waals surface area contributed by atoms with Crippen LogP contribution in [0, 0.1) is 0 Å². The number of anilines is 1. The summed E-state index contributed by atoms with van der Waals surface area (Å²) in [7, 11) is 1.53. The van der Waals surface area contributed by atoms with E-state index < -0.39 is 0 Å². The van der Waals surface area contributed by atoms with Crippen LogP contribution in [0.3, 0.4) is 0 Å². The molecule has 17 heavy (non-hydrogen) atoms. The largest absolute Gasteiger partial charge is 0.467 e. The van der Waals surface area contributed by atoms with Crippen molar-refractivity contribution in [2.75, 3.05) is 19.0 Å². The van der Waals surface area contributed by atoms with Gasteiger partial charge in [-0.3, -0.25) is 0 Å². The maximum atomic E-state index is 6.03. The van der Waals surface area contributed by atoms with Gasteiger partial charge in [0.05, 0.1) is 19.4 Å². The van der Waals surface area contributed by atoms with Crippen LogP contribution in [-0.4, -0.2) is 35.8 Å². The molecule has 1 aromatic rings. The summed E-state index contributed by atoms with van der Waals surface area (Å²) in [5, 5.41) is 3.82. The van der Waals surface area contributed by atoms with Gasteiger partial charge in [-0.2, -0.15) is 4.98 Å². The number of nitrogens with one attached hydrogen (secondary N) is 1. The van der Waals surface area contributed by atoms with Crippen molar-refractivity contribution in [2.24, 2.45) is 0 Å². The van der Waals surface area contributed by atoms with Gasteiger partial charge < -0.3 is 14.8 Å². The van der Waals surface area contributed by atoms with E-state index in [0.717, 1.165) is 19.4 Å². The molecule has 1 aliphatic heterocycles. The molecule has 0 spiro atoms. The molecule has 5 nitrogen and oxygen atoms in total.